The highest BCUT2D eigenvalue weighted by Crippen LogP contribution is 2.40. The maximum absolute atomic E-state index is 12.6. The van der Waals surface area contributed by atoms with Gasteiger partial charge in [-0.2, -0.15) is 0 Å². The van der Waals surface area contributed by atoms with Crippen molar-refractivity contribution in [1.29, 1.82) is 0 Å². The molecule has 0 bridgehead atoms. The van der Waals surface area contributed by atoms with Crippen molar-refractivity contribution in [3.05, 3.63) is 35.4 Å². The first-order valence-corrected chi connectivity index (χ1v) is 8.64. The summed E-state index contributed by atoms with van der Waals surface area (Å²) in [5.41, 5.74) is 1.98. The Hall–Kier alpha value is -1.75. The summed E-state index contributed by atoms with van der Waals surface area (Å²) in [6, 6.07) is 1.95. The van der Waals surface area contributed by atoms with Gasteiger partial charge in [-0.3, -0.25) is 4.79 Å². The molecule has 0 N–H and O–H groups in total. The Balaban J connectivity index is 1.43. The van der Waals surface area contributed by atoms with E-state index in [9.17, 15) is 4.79 Å². The number of hydrogen-bond acceptors (Lipinski definition) is 4. The number of hydrogen-bond donors (Lipinski definition) is 0. The molecular formula is C18H23N3O2. The summed E-state index contributed by atoms with van der Waals surface area (Å²) in [6.07, 6.45) is 9.24. The predicted octanol–water partition coefficient (Wildman–Crippen LogP) is 2.57. The topological polar surface area (TPSA) is 55.3 Å². The van der Waals surface area contributed by atoms with Crippen LogP contribution in [0.4, 0.5) is 0 Å². The van der Waals surface area contributed by atoms with Gasteiger partial charge in [0.15, 0.2) is 0 Å². The zero-order valence-corrected chi connectivity index (χ0v) is 13.6. The molecule has 1 aromatic rings. The molecular weight excluding hydrogens is 290 g/mol. The Kier molecular flexibility index (Phi) is 3.89. The largest absolute Gasteiger partial charge is 0.367 e. The molecule has 4 rings (SSSR count). The minimum atomic E-state index is 0.0486. The average molecular weight is 313 g/mol. The molecule has 0 radical (unpaired) electrons. The van der Waals surface area contributed by atoms with Gasteiger partial charge < -0.3 is 9.64 Å². The van der Waals surface area contributed by atoms with E-state index in [0.29, 0.717) is 5.92 Å². The quantitative estimate of drug-likeness (QED) is 0.842. The number of nitrogens with zero attached hydrogens (tertiary/aromatic N) is 3. The highest BCUT2D eigenvalue weighted by atomic mass is 16.5. The first-order valence-electron chi connectivity index (χ1n) is 8.64. The maximum atomic E-state index is 12.6. The fourth-order valence-corrected chi connectivity index (χ4v) is 4.03. The molecule has 0 aromatic carbocycles. The highest BCUT2D eigenvalue weighted by Gasteiger charge is 2.41. The molecule has 1 aliphatic carbocycles. The summed E-state index contributed by atoms with van der Waals surface area (Å²) in [7, 11) is 0. The molecule has 2 aliphatic heterocycles. The number of fused-ring (bicyclic) bond motifs is 1. The minimum Gasteiger partial charge on any atom is -0.367 e. The van der Waals surface area contributed by atoms with E-state index in [4.69, 9.17) is 4.74 Å². The van der Waals surface area contributed by atoms with Crippen LogP contribution < -0.4 is 0 Å². The van der Waals surface area contributed by atoms with E-state index in [1.54, 1.807) is 6.20 Å². The van der Waals surface area contributed by atoms with E-state index < -0.39 is 0 Å². The molecule has 1 amide bonds. The second-order valence-corrected chi connectivity index (χ2v) is 6.85. The zero-order chi connectivity index (χ0) is 15.8. The van der Waals surface area contributed by atoms with E-state index in [-0.39, 0.29) is 18.1 Å². The van der Waals surface area contributed by atoms with Crippen molar-refractivity contribution in [2.45, 2.75) is 51.2 Å². The van der Waals surface area contributed by atoms with Crippen LogP contribution in [0.3, 0.4) is 0 Å². The van der Waals surface area contributed by atoms with Gasteiger partial charge in [-0.05, 0) is 51.0 Å². The third-order valence-electron chi connectivity index (χ3n) is 5.28. The van der Waals surface area contributed by atoms with Crippen LogP contribution in [0, 0.1) is 12.8 Å². The third-order valence-corrected chi connectivity index (χ3v) is 5.28. The normalized spacial score (nSPS) is 30.2. The van der Waals surface area contributed by atoms with Crippen LogP contribution in [-0.2, 0) is 9.53 Å². The van der Waals surface area contributed by atoms with E-state index in [1.807, 2.05) is 17.9 Å². The number of carbonyl (C=O) groups excluding carboxylic acids is 1. The van der Waals surface area contributed by atoms with Gasteiger partial charge >= 0.3 is 0 Å². The Morgan fingerprint density at radius 1 is 1.43 bits per heavy atom. The number of aromatic nitrogens is 2. The fraction of sp³-hybridized carbons (Fsp3) is 0.611. The molecule has 5 nitrogen and oxygen atoms in total. The molecule has 0 unspecified atom stereocenters. The Morgan fingerprint density at radius 2 is 2.35 bits per heavy atom. The number of carbonyl (C=O) groups is 1. The van der Waals surface area contributed by atoms with Crippen LogP contribution in [0.2, 0.25) is 0 Å². The Morgan fingerprint density at radius 3 is 3.13 bits per heavy atom. The second-order valence-electron chi connectivity index (χ2n) is 6.85. The lowest BCUT2D eigenvalue weighted by atomic mass is 9.91. The van der Waals surface area contributed by atoms with Gasteiger partial charge in [-0.1, -0.05) is 6.08 Å². The summed E-state index contributed by atoms with van der Waals surface area (Å²) < 4.78 is 6.25. The molecule has 0 spiro atoms. The molecule has 23 heavy (non-hydrogen) atoms. The molecule has 2 saturated heterocycles. The van der Waals surface area contributed by atoms with Crippen molar-refractivity contribution in [3.63, 3.8) is 0 Å². The molecule has 3 heterocycles. The monoisotopic (exact) mass is 313 g/mol. The lowest BCUT2D eigenvalue weighted by Gasteiger charge is -2.34. The van der Waals surface area contributed by atoms with Gasteiger partial charge in [0, 0.05) is 24.9 Å². The molecule has 5 heteroatoms. The van der Waals surface area contributed by atoms with E-state index in [2.05, 4.69) is 16.0 Å². The number of piperidine rings is 1. The Labute approximate surface area is 136 Å². The van der Waals surface area contributed by atoms with Crippen molar-refractivity contribution >= 4 is 5.91 Å². The van der Waals surface area contributed by atoms with Gasteiger partial charge in [0.25, 0.3) is 0 Å². The smallest absolute Gasteiger partial charge is 0.249 e. The van der Waals surface area contributed by atoms with Crippen LogP contribution in [0.1, 0.15) is 49.7 Å². The highest BCUT2D eigenvalue weighted by molar-refractivity contribution is 5.93. The first kappa shape index (κ1) is 14.8. The van der Waals surface area contributed by atoms with Crippen molar-refractivity contribution in [1.82, 2.24) is 14.9 Å². The van der Waals surface area contributed by atoms with Crippen LogP contribution in [0.25, 0.3) is 0 Å². The average Bonchev–Trinajstić information content (AvgIpc) is 3.23. The van der Waals surface area contributed by atoms with E-state index in [0.717, 1.165) is 62.3 Å². The number of rotatable bonds is 2. The second kappa shape index (κ2) is 6.04. The summed E-state index contributed by atoms with van der Waals surface area (Å²) in [5, 5.41) is 0. The molecule has 1 aromatic heterocycles. The molecule has 3 atom stereocenters. The number of ether oxygens (including phenoxy) is 1. The molecule has 3 aliphatic rings. The minimum absolute atomic E-state index is 0.0486. The van der Waals surface area contributed by atoms with Gasteiger partial charge in [-0.15, -0.1) is 0 Å². The van der Waals surface area contributed by atoms with Crippen molar-refractivity contribution < 1.29 is 9.53 Å². The molecule has 0 saturated carbocycles. The van der Waals surface area contributed by atoms with E-state index >= 15 is 0 Å². The van der Waals surface area contributed by atoms with Gasteiger partial charge in [0.2, 0.25) is 5.91 Å². The number of allylic oxidation sites excluding steroid dienone is 1. The van der Waals surface area contributed by atoms with Crippen molar-refractivity contribution in [2.75, 3.05) is 13.1 Å². The van der Waals surface area contributed by atoms with Gasteiger partial charge in [0.1, 0.15) is 11.9 Å². The van der Waals surface area contributed by atoms with Crippen molar-refractivity contribution in [2.24, 2.45) is 5.92 Å². The number of amides is 1. The third kappa shape index (κ3) is 2.90. The van der Waals surface area contributed by atoms with E-state index in [1.165, 1.54) is 0 Å². The lowest BCUT2D eigenvalue weighted by Crippen LogP contribution is -2.45. The first-order chi connectivity index (χ1) is 11.2. The molecule has 2 fully saturated rings. The summed E-state index contributed by atoms with van der Waals surface area (Å²) >= 11 is 0. The van der Waals surface area contributed by atoms with Gasteiger partial charge in [-0.25, -0.2) is 9.97 Å². The van der Waals surface area contributed by atoms with Crippen molar-refractivity contribution in [3.8, 4) is 0 Å². The number of likely N-dealkylation sites (tertiary alicyclic amines) is 1. The summed E-state index contributed by atoms with van der Waals surface area (Å²) in [6.45, 7) is 3.48. The van der Waals surface area contributed by atoms with Crippen LogP contribution in [0.15, 0.2) is 23.9 Å². The maximum Gasteiger partial charge on any atom is 0.249 e. The predicted molar refractivity (Wildman–Crippen MR) is 85.6 cm³/mol. The van der Waals surface area contributed by atoms with Crippen LogP contribution >= 0.6 is 0 Å². The fourth-order valence-electron chi connectivity index (χ4n) is 4.03. The number of aryl methyl sites for hydroxylation is 1. The zero-order valence-electron chi connectivity index (χ0n) is 13.6. The standard InChI is InChI=1S/C18H23N3O2/c1-12-19-8-6-15(20-12)16-10-14-7-9-21(11-17(14)23-16)18(22)13-4-2-3-5-13/h4,6,8,14,16-17H,2-3,5,7,9-11H2,1H3/t14-,16+,17+/m1/s1. The van der Waals surface area contributed by atoms with Crippen LogP contribution in [-0.4, -0.2) is 40.0 Å². The SMILES string of the molecule is Cc1nccc([C@@H]2C[C@H]3CCN(C(=O)C4=CCCC4)C[C@@H]3O2)n1. The van der Waals surface area contributed by atoms with Crippen LogP contribution in [0.5, 0.6) is 0 Å². The Bertz CT molecular complexity index is 643. The molecule has 122 valence electrons. The summed E-state index contributed by atoms with van der Waals surface area (Å²) in [5.74, 6) is 1.55. The summed E-state index contributed by atoms with van der Waals surface area (Å²) in [4.78, 5) is 23.2. The lowest BCUT2D eigenvalue weighted by molar-refractivity contribution is -0.131. The van der Waals surface area contributed by atoms with Gasteiger partial charge in [0.05, 0.1) is 11.8 Å².